The highest BCUT2D eigenvalue weighted by atomic mass is 16.7. The molecule has 0 spiro atoms. The van der Waals surface area contributed by atoms with Crippen LogP contribution in [0, 0.1) is 0 Å². The fraction of sp³-hybridized carbons (Fsp3) is 0.864. The molecule has 0 aromatic heterocycles. The van der Waals surface area contributed by atoms with Gasteiger partial charge in [0, 0.05) is 6.42 Å². The third-order valence-electron chi connectivity index (χ3n) is 15.4. The van der Waals surface area contributed by atoms with Crippen LogP contribution in [0.25, 0.3) is 0 Å². The van der Waals surface area contributed by atoms with Crippen molar-refractivity contribution in [2.75, 3.05) is 13.2 Å². The quantitative estimate of drug-likeness (QED) is 0.0261. The van der Waals surface area contributed by atoms with Crippen molar-refractivity contribution in [1.82, 2.24) is 5.32 Å². The van der Waals surface area contributed by atoms with Crippen molar-refractivity contribution in [3.8, 4) is 0 Å². The number of carbonyl (C=O) groups excluding carboxylic acids is 1. The highest BCUT2D eigenvalue weighted by molar-refractivity contribution is 5.76. The van der Waals surface area contributed by atoms with Crippen LogP contribution in [-0.4, -0.2) is 87.5 Å². The standard InChI is InChI=1S/C66H123NO8/c1-3-5-7-9-11-13-15-17-19-21-23-25-27-29-30-32-34-36-38-40-42-44-46-48-50-52-54-56-62(70)67-59(58-74-66-65(73)64(72)63(71)61(57-68)75-66)60(69)55-53-51-49-47-45-43-41-39-37-35-33-31-28-26-24-22-20-18-16-14-12-10-8-6-4-2/h29-30,37,39,45,47,53,55,59-61,63-66,68-69,71-73H,3-28,31-36,38,40-44,46,48-52,54,56-58H2,1-2H3,(H,67,70)/b30-29-,39-37+,47-45+,55-53+. The summed E-state index contributed by atoms with van der Waals surface area (Å²) in [5, 5.41) is 54.6. The van der Waals surface area contributed by atoms with Gasteiger partial charge >= 0.3 is 0 Å². The lowest BCUT2D eigenvalue weighted by Gasteiger charge is -2.40. The molecule has 1 amide bonds. The molecule has 1 fully saturated rings. The summed E-state index contributed by atoms with van der Waals surface area (Å²) in [5.41, 5.74) is 0. The Morgan fingerprint density at radius 3 is 1.12 bits per heavy atom. The molecule has 7 unspecified atom stereocenters. The van der Waals surface area contributed by atoms with Gasteiger partial charge in [-0.25, -0.2) is 0 Å². The van der Waals surface area contributed by atoms with Gasteiger partial charge in [0.2, 0.25) is 5.91 Å². The number of aliphatic hydroxyl groups is 5. The van der Waals surface area contributed by atoms with E-state index in [9.17, 15) is 30.3 Å². The lowest BCUT2D eigenvalue weighted by Crippen LogP contribution is -2.60. The second-order valence-electron chi connectivity index (χ2n) is 22.5. The van der Waals surface area contributed by atoms with Crippen molar-refractivity contribution in [1.29, 1.82) is 0 Å². The SMILES string of the molecule is CCCCCCCCCCCCCC/C=C\CCCCCCCCCCCCCC(=O)NC(COC1OC(CO)C(O)C(O)C1O)C(O)/C=C/CC/C=C/CC/C=C/CCCCCCCCCCCCCCCCC. The zero-order valence-electron chi connectivity index (χ0n) is 49.1. The van der Waals surface area contributed by atoms with E-state index in [4.69, 9.17) is 9.47 Å². The van der Waals surface area contributed by atoms with Gasteiger partial charge in [0.05, 0.1) is 25.4 Å². The number of allylic oxidation sites excluding steroid dienone is 7. The largest absolute Gasteiger partial charge is 0.394 e. The minimum absolute atomic E-state index is 0.188. The number of ether oxygens (including phenoxy) is 2. The fourth-order valence-electron chi connectivity index (χ4n) is 10.2. The number of hydrogen-bond acceptors (Lipinski definition) is 8. The Balaban J connectivity index is 2.21. The molecular weight excluding hydrogens is 935 g/mol. The van der Waals surface area contributed by atoms with E-state index in [0.717, 1.165) is 44.9 Å². The Morgan fingerprint density at radius 2 is 0.760 bits per heavy atom. The van der Waals surface area contributed by atoms with Crippen LogP contribution in [0.2, 0.25) is 0 Å². The number of nitrogens with one attached hydrogen (secondary N) is 1. The molecule has 1 rings (SSSR count). The van der Waals surface area contributed by atoms with E-state index in [-0.39, 0.29) is 12.5 Å². The molecule has 75 heavy (non-hydrogen) atoms. The Bertz CT molecular complexity index is 1320. The summed E-state index contributed by atoms with van der Waals surface area (Å²) < 4.78 is 11.3. The van der Waals surface area contributed by atoms with Gasteiger partial charge in [0.1, 0.15) is 24.4 Å². The van der Waals surface area contributed by atoms with Crippen LogP contribution in [-0.2, 0) is 14.3 Å². The monoisotopic (exact) mass is 1060 g/mol. The number of rotatable bonds is 56. The maximum absolute atomic E-state index is 13.1. The summed E-state index contributed by atoms with van der Waals surface area (Å²) in [7, 11) is 0. The molecule has 6 N–H and O–H groups in total. The lowest BCUT2D eigenvalue weighted by atomic mass is 9.99. The van der Waals surface area contributed by atoms with Crippen LogP contribution >= 0.6 is 0 Å². The Hall–Kier alpha value is -1.85. The van der Waals surface area contributed by atoms with E-state index in [1.165, 1.54) is 244 Å². The summed E-state index contributed by atoms with van der Waals surface area (Å²) >= 11 is 0. The lowest BCUT2D eigenvalue weighted by molar-refractivity contribution is -0.302. The fourth-order valence-corrected chi connectivity index (χ4v) is 10.2. The van der Waals surface area contributed by atoms with Gasteiger partial charge in [-0.05, 0) is 70.6 Å². The smallest absolute Gasteiger partial charge is 0.220 e. The number of hydrogen-bond donors (Lipinski definition) is 6. The molecule has 0 aliphatic carbocycles. The average molecular weight is 1060 g/mol. The molecule has 0 aromatic rings. The maximum atomic E-state index is 13.1. The molecule has 0 radical (unpaired) electrons. The van der Waals surface area contributed by atoms with Gasteiger partial charge in [-0.3, -0.25) is 4.79 Å². The van der Waals surface area contributed by atoms with Crippen LogP contribution in [0.1, 0.15) is 309 Å². The van der Waals surface area contributed by atoms with E-state index in [1.807, 2.05) is 6.08 Å². The Morgan fingerprint density at radius 1 is 0.440 bits per heavy atom. The molecule has 440 valence electrons. The molecule has 9 nitrogen and oxygen atoms in total. The molecule has 1 heterocycles. The highest BCUT2D eigenvalue weighted by Gasteiger charge is 2.44. The highest BCUT2D eigenvalue weighted by Crippen LogP contribution is 2.23. The van der Waals surface area contributed by atoms with E-state index in [1.54, 1.807) is 6.08 Å². The molecule has 9 heteroatoms. The van der Waals surface area contributed by atoms with Crippen molar-refractivity contribution in [2.24, 2.45) is 0 Å². The minimum Gasteiger partial charge on any atom is -0.394 e. The van der Waals surface area contributed by atoms with Crippen LogP contribution in [0.3, 0.4) is 0 Å². The summed E-state index contributed by atoms with van der Waals surface area (Å²) in [6.07, 6.45) is 67.7. The predicted octanol–water partition coefficient (Wildman–Crippen LogP) is 16.9. The summed E-state index contributed by atoms with van der Waals surface area (Å²) in [6.45, 7) is 3.80. The van der Waals surface area contributed by atoms with Gasteiger partial charge in [-0.1, -0.05) is 281 Å². The first-order chi connectivity index (χ1) is 36.8. The number of amides is 1. The van der Waals surface area contributed by atoms with E-state index in [2.05, 4.69) is 55.6 Å². The molecule has 0 bridgehead atoms. The van der Waals surface area contributed by atoms with Crippen molar-refractivity contribution in [3.05, 3.63) is 48.6 Å². The van der Waals surface area contributed by atoms with E-state index in [0.29, 0.717) is 6.42 Å². The zero-order chi connectivity index (χ0) is 54.3. The summed E-state index contributed by atoms with van der Waals surface area (Å²) in [5.74, 6) is -0.188. The van der Waals surface area contributed by atoms with Gasteiger partial charge in [0.15, 0.2) is 6.29 Å². The van der Waals surface area contributed by atoms with Crippen LogP contribution in [0.15, 0.2) is 48.6 Å². The Kier molecular flexibility index (Phi) is 52.6. The Labute approximate surface area is 463 Å². The molecular formula is C66H123NO8. The molecule has 1 aliphatic heterocycles. The third kappa shape index (κ3) is 44.7. The van der Waals surface area contributed by atoms with Crippen molar-refractivity contribution >= 4 is 5.91 Å². The van der Waals surface area contributed by atoms with Gasteiger partial charge in [0.25, 0.3) is 0 Å². The second kappa shape index (κ2) is 55.5. The molecule has 0 aromatic carbocycles. The van der Waals surface area contributed by atoms with E-state index >= 15 is 0 Å². The zero-order valence-corrected chi connectivity index (χ0v) is 49.1. The van der Waals surface area contributed by atoms with Crippen LogP contribution in [0.4, 0.5) is 0 Å². The average Bonchev–Trinajstić information content (AvgIpc) is 3.41. The third-order valence-corrected chi connectivity index (χ3v) is 15.4. The van der Waals surface area contributed by atoms with Gasteiger partial charge in [-0.15, -0.1) is 0 Å². The van der Waals surface area contributed by atoms with Gasteiger partial charge in [-0.2, -0.15) is 0 Å². The number of unbranched alkanes of at least 4 members (excludes halogenated alkanes) is 40. The van der Waals surface area contributed by atoms with Gasteiger partial charge < -0.3 is 40.3 Å². The first-order valence-electron chi connectivity index (χ1n) is 32.4. The molecule has 7 atom stereocenters. The van der Waals surface area contributed by atoms with Crippen molar-refractivity contribution < 1.29 is 39.8 Å². The summed E-state index contributed by atoms with van der Waals surface area (Å²) in [6, 6.07) is -0.830. The van der Waals surface area contributed by atoms with E-state index < -0.39 is 49.5 Å². The topological polar surface area (TPSA) is 149 Å². The second-order valence-corrected chi connectivity index (χ2v) is 22.5. The molecule has 0 saturated carbocycles. The molecule has 1 saturated heterocycles. The first-order valence-corrected chi connectivity index (χ1v) is 32.4. The van der Waals surface area contributed by atoms with Crippen LogP contribution < -0.4 is 5.32 Å². The number of carbonyl (C=O) groups is 1. The predicted molar refractivity (Wildman–Crippen MR) is 318 cm³/mol. The van der Waals surface area contributed by atoms with Crippen LogP contribution in [0.5, 0.6) is 0 Å². The maximum Gasteiger partial charge on any atom is 0.220 e. The summed E-state index contributed by atoms with van der Waals surface area (Å²) in [4.78, 5) is 13.1. The first kappa shape index (κ1) is 71.2. The normalized spacial score (nSPS) is 19.2. The minimum atomic E-state index is -1.58. The number of aliphatic hydroxyl groups excluding tert-OH is 5. The molecule has 1 aliphatic rings. The van der Waals surface area contributed by atoms with Crippen molar-refractivity contribution in [2.45, 2.75) is 352 Å². The van der Waals surface area contributed by atoms with Crippen molar-refractivity contribution in [3.63, 3.8) is 0 Å².